The lowest BCUT2D eigenvalue weighted by Gasteiger charge is -2.39. The number of hydrogen-bond acceptors (Lipinski definition) is 5. The lowest BCUT2D eigenvalue weighted by atomic mass is 9.65. The van der Waals surface area contributed by atoms with Crippen molar-refractivity contribution < 1.29 is 24.2 Å². The zero-order chi connectivity index (χ0) is 30.4. The number of benzene rings is 3. The third-order valence-electron chi connectivity index (χ3n) is 10.3. The zero-order valence-electron chi connectivity index (χ0n) is 25.1. The molecule has 0 radical (unpaired) electrons. The minimum Gasteiger partial charge on any atom is -0.394 e. The van der Waals surface area contributed by atoms with Gasteiger partial charge in [-0.1, -0.05) is 87.9 Å². The summed E-state index contributed by atoms with van der Waals surface area (Å²) in [6.07, 6.45) is 2.34. The molecule has 3 aromatic rings. The molecule has 3 aliphatic rings. The Morgan fingerprint density at radius 2 is 1.72 bits per heavy atom. The van der Waals surface area contributed by atoms with Crippen LogP contribution in [0.25, 0.3) is 10.8 Å². The van der Waals surface area contributed by atoms with Crippen molar-refractivity contribution in [1.29, 1.82) is 0 Å². The highest BCUT2D eigenvalue weighted by atomic mass is 16.5. The molecule has 43 heavy (non-hydrogen) atoms. The molecule has 2 bridgehead atoms. The molecular weight excluding hydrogens is 542 g/mol. The van der Waals surface area contributed by atoms with E-state index in [0.29, 0.717) is 37.9 Å². The molecule has 3 aromatic carbocycles. The molecule has 8 nitrogen and oxygen atoms in total. The molecule has 0 saturated carbocycles. The maximum Gasteiger partial charge on any atom is 0.250 e. The Labute approximate surface area is 252 Å². The van der Waals surface area contributed by atoms with Gasteiger partial charge >= 0.3 is 0 Å². The minimum atomic E-state index is -1.16. The van der Waals surface area contributed by atoms with Crippen LogP contribution in [0.1, 0.15) is 52.0 Å². The summed E-state index contributed by atoms with van der Waals surface area (Å²) in [5.41, 5.74) is -0.414. The molecule has 3 amide bonds. The number of carbonyl (C=O) groups is 3. The van der Waals surface area contributed by atoms with Gasteiger partial charge in [-0.2, -0.15) is 0 Å². The first-order valence-corrected chi connectivity index (χ1v) is 15.5. The topological polar surface area (TPSA) is 108 Å². The van der Waals surface area contributed by atoms with E-state index in [2.05, 4.69) is 10.6 Å². The number of fused-ring (bicyclic) bond motifs is 2. The number of hydrogen-bond donors (Lipinski definition) is 3. The minimum absolute atomic E-state index is 0.0668. The Kier molecular flexibility index (Phi) is 7.77. The van der Waals surface area contributed by atoms with Gasteiger partial charge in [0.1, 0.15) is 11.6 Å². The van der Waals surface area contributed by atoms with Gasteiger partial charge in [-0.25, -0.2) is 0 Å². The van der Waals surface area contributed by atoms with Crippen LogP contribution in [0.5, 0.6) is 0 Å². The van der Waals surface area contributed by atoms with Gasteiger partial charge in [0.25, 0.3) is 0 Å². The van der Waals surface area contributed by atoms with E-state index in [-0.39, 0.29) is 30.2 Å². The van der Waals surface area contributed by atoms with E-state index in [1.54, 1.807) is 4.90 Å². The first kappa shape index (κ1) is 29.3. The van der Waals surface area contributed by atoms with Gasteiger partial charge in [0.05, 0.1) is 30.1 Å². The summed E-state index contributed by atoms with van der Waals surface area (Å²) in [7, 11) is 0. The van der Waals surface area contributed by atoms with E-state index in [4.69, 9.17) is 4.74 Å². The van der Waals surface area contributed by atoms with Crippen LogP contribution in [0.15, 0.2) is 72.8 Å². The highest BCUT2D eigenvalue weighted by molar-refractivity contribution is 6.04. The molecule has 0 aliphatic carbocycles. The normalized spacial score (nSPS) is 29.0. The fourth-order valence-electron chi connectivity index (χ4n) is 7.90. The number of ether oxygens (including phenoxy) is 1. The lowest BCUT2D eigenvalue weighted by Crippen LogP contribution is -2.57. The highest BCUT2D eigenvalue weighted by Gasteiger charge is 2.79. The Morgan fingerprint density at radius 3 is 2.42 bits per heavy atom. The van der Waals surface area contributed by atoms with Crippen LogP contribution in [0, 0.1) is 17.8 Å². The monoisotopic (exact) mass is 583 g/mol. The number of aliphatic hydroxyl groups excluding tert-OH is 1. The summed E-state index contributed by atoms with van der Waals surface area (Å²) in [5.74, 6) is -2.49. The van der Waals surface area contributed by atoms with Gasteiger partial charge in [-0.3, -0.25) is 14.4 Å². The molecule has 3 fully saturated rings. The van der Waals surface area contributed by atoms with E-state index in [1.807, 2.05) is 93.6 Å². The SMILES string of the molecule is CC[C@H](C)[C@H](CO)N1C(=O)[C@@H]2[C@H](C(=O)NCc3ccccc3)[C@]3(CC)CCC2(O3)C1C(=O)Nc1ccc2ccccc2c1. The quantitative estimate of drug-likeness (QED) is 0.322. The molecule has 3 aliphatic heterocycles. The fraction of sp³-hybridized carbons (Fsp3) is 0.457. The number of rotatable bonds is 10. The van der Waals surface area contributed by atoms with E-state index >= 15 is 0 Å². The molecule has 7 atom stereocenters. The summed E-state index contributed by atoms with van der Waals surface area (Å²) in [5, 5.41) is 18.8. The van der Waals surface area contributed by atoms with Crippen LogP contribution in [0.3, 0.4) is 0 Å². The Hall–Kier alpha value is -3.75. The molecule has 2 unspecified atom stereocenters. The first-order chi connectivity index (χ1) is 20.8. The Morgan fingerprint density at radius 1 is 1.00 bits per heavy atom. The van der Waals surface area contributed by atoms with E-state index in [9.17, 15) is 19.5 Å². The number of aliphatic hydroxyl groups is 1. The van der Waals surface area contributed by atoms with Crippen molar-refractivity contribution in [2.45, 2.75) is 76.3 Å². The molecule has 3 N–H and O–H groups in total. The van der Waals surface area contributed by atoms with E-state index in [0.717, 1.165) is 16.3 Å². The van der Waals surface area contributed by atoms with Crippen LogP contribution < -0.4 is 10.6 Å². The largest absolute Gasteiger partial charge is 0.394 e. The summed E-state index contributed by atoms with van der Waals surface area (Å²) in [6.45, 7) is 6.03. The van der Waals surface area contributed by atoms with Crippen LogP contribution in [-0.4, -0.2) is 57.6 Å². The second-order valence-corrected chi connectivity index (χ2v) is 12.5. The molecule has 3 heterocycles. The third kappa shape index (κ3) is 4.71. The number of nitrogens with zero attached hydrogens (tertiary/aromatic N) is 1. The van der Waals surface area contributed by atoms with Crippen LogP contribution in [-0.2, 0) is 25.7 Å². The van der Waals surface area contributed by atoms with Crippen LogP contribution in [0.4, 0.5) is 5.69 Å². The van der Waals surface area contributed by atoms with Crippen molar-refractivity contribution in [2.75, 3.05) is 11.9 Å². The standard InChI is InChI=1S/C35H41N3O5/c1-4-22(3)27(21-39)38-30(32(41)37-26-16-15-24-13-9-10-14-25(24)19-26)35-18-17-34(5-2,43-35)28(29(35)33(38)42)31(40)36-20-23-11-7-6-8-12-23/h6-16,19,22,27-30,39H,4-5,17-18,20-21H2,1-3H3,(H,36,40)(H,37,41)/t22-,27-,28+,29-,30?,34-,35?/m0/s1. The molecule has 6 rings (SSSR count). The number of anilines is 1. The number of likely N-dealkylation sites (tertiary alicyclic amines) is 1. The molecule has 8 heteroatoms. The Balaban J connectivity index is 1.38. The molecule has 3 saturated heterocycles. The summed E-state index contributed by atoms with van der Waals surface area (Å²) >= 11 is 0. The lowest BCUT2D eigenvalue weighted by molar-refractivity contribution is -0.150. The molecule has 226 valence electrons. The average molecular weight is 584 g/mol. The highest BCUT2D eigenvalue weighted by Crippen LogP contribution is 2.64. The van der Waals surface area contributed by atoms with Crippen molar-refractivity contribution in [2.24, 2.45) is 17.8 Å². The molecule has 1 spiro atoms. The summed E-state index contributed by atoms with van der Waals surface area (Å²) in [4.78, 5) is 44.5. The van der Waals surface area contributed by atoms with Crippen molar-refractivity contribution in [3.05, 3.63) is 78.4 Å². The van der Waals surface area contributed by atoms with Crippen LogP contribution >= 0.6 is 0 Å². The number of carbonyl (C=O) groups excluding carboxylic acids is 3. The van der Waals surface area contributed by atoms with Crippen LogP contribution in [0.2, 0.25) is 0 Å². The molecular formula is C35H41N3O5. The zero-order valence-corrected chi connectivity index (χ0v) is 25.1. The predicted octanol–water partition coefficient (Wildman–Crippen LogP) is 4.66. The average Bonchev–Trinajstić information content (AvgIpc) is 3.64. The third-order valence-corrected chi connectivity index (χ3v) is 10.3. The van der Waals surface area contributed by atoms with Gasteiger partial charge < -0.3 is 25.4 Å². The summed E-state index contributed by atoms with van der Waals surface area (Å²) in [6, 6.07) is 21.7. The van der Waals surface area contributed by atoms with Gasteiger partial charge in [0.2, 0.25) is 17.7 Å². The second kappa shape index (κ2) is 11.4. The predicted molar refractivity (Wildman–Crippen MR) is 165 cm³/mol. The maximum absolute atomic E-state index is 14.6. The van der Waals surface area contributed by atoms with Gasteiger partial charge in [-0.15, -0.1) is 0 Å². The summed E-state index contributed by atoms with van der Waals surface area (Å²) < 4.78 is 6.89. The van der Waals surface area contributed by atoms with Crippen molar-refractivity contribution >= 4 is 34.2 Å². The second-order valence-electron chi connectivity index (χ2n) is 12.5. The van der Waals surface area contributed by atoms with E-state index in [1.165, 1.54) is 0 Å². The fourth-order valence-corrected chi connectivity index (χ4v) is 7.90. The van der Waals surface area contributed by atoms with Crippen molar-refractivity contribution in [3.8, 4) is 0 Å². The van der Waals surface area contributed by atoms with Gasteiger partial charge in [0.15, 0.2) is 0 Å². The smallest absolute Gasteiger partial charge is 0.250 e. The number of nitrogens with one attached hydrogen (secondary N) is 2. The Bertz CT molecular complexity index is 1530. The van der Waals surface area contributed by atoms with Crippen molar-refractivity contribution in [3.63, 3.8) is 0 Å². The van der Waals surface area contributed by atoms with Crippen molar-refractivity contribution in [1.82, 2.24) is 10.2 Å². The molecule has 0 aromatic heterocycles. The first-order valence-electron chi connectivity index (χ1n) is 15.5. The van der Waals surface area contributed by atoms with Gasteiger partial charge in [0, 0.05) is 12.2 Å². The number of amides is 3. The van der Waals surface area contributed by atoms with Gasteiger partial charge in [-0.05, 0) is 53.6 Å². The maximum atomic E-state index is 14.6. The van der Waals surface area contributed by atoms with E-state index < -0.39 is 35.1 Å².